The molecule has 0 unspecified atom stereocenters. The Hall–Kier alpha value is -1.47. The molecule has 0 aliphatic carbocycles. The van der Waals surface area contributed by atoms with E-state index in [2.05, 4.69) is 15.9 Å². The van der Waals surface area contributed by atoms with Gasteiger partial charge in [0.25, 0.3) is 0 Å². The van der Waals surface area contributed by atoms with Crippen LogP contribution in [-0.2, 0) is 16.4 Å². The van der Waals surface area contributed by atoms with Crippen LogP contribution >= 0.6 is 15.9 Å². The van der Waals surface area contributed by atoms with Crippen LogP contribution in [0.5, 0.6) is 5.75 Å². The largest absolute Gasteiger partial charge is 0.489 e. The lowest BCUT2D eigenvalue weighted by molar-refractivity contribution is 0.234. The number of hydrogen-bond donors (Lipinski definition) is 0. The Kier molecular flexibility index (Phi) is 4.95. The van der Waals surface area contributed by atoms with Gasteiger partial charge >= 0.3 is 5.76 Å². The van der Waals surface area contributed by atoms with Crippen molar-refractivity contribution in [3.63, 3.8) is 0 Å². The zero-order valence-corrected chi connectivity index (χ0v) is 13.1. The van der Waals surface area contributed by atoms with Gasteiger partial charge in [-0.15, -0.1) is 0 Å². The molecule has 0 N–H and O–H groups in total. The SMILES string of the molecule is O=S(=O)(c1ccc(COc2cccc(Br)c2)cc1)C(F)F. The average molecular weight is 377 g/mol. The van der Waals surface area contributed by atoms with Crippen molar-refractivity contribution >= 4 is 25.8 Å². The standard InChI is InChI=1S/C14H11BrF2O3S/c15-11-2-1-3-12(8-11)20-9-10-4-6-13(7-5-10)21(18,19)14(16)17/h1-8,14H,9H2. The maximum atomic E-state index is 12.4. The van der Waals surface area contributed by atoms with Gasteiger partial charge in [0.2, 0.25) is 9.84 Å². The van der Waals surface area contributed by atoms with E-state index < -0.39 is 20.5 Å². The van der Waals surface area contributed by atoms with E-state index in [-0.39, 0.29) is 6.61 Å². The summed E-state index contributed by atoms with van der Waals surface area (Å²) < 4.78 is 53.7. The Morgan fingerprint density at radius 3 is 2.33 bits per heavy atom. The molecule has 0 heterocycles. The molecule has 0 aliphatic rings. The summed E-state index contributed by atoms with van der Waals surface area (Å²) in [5.41, 5.74) is 0.684. The van der Waals surface area contributed by atoms with Crippen LogP contribution in [0.3, 0.4) is 0 Å². The van der Waals surface area contributed by atoms with Crippen LogP contribution in [0.2, 0.25) is 0 Å². The summed E-state index contributed by atoms with van der Waals surface area (Å²) in [4.78, 5) is -0.399. The molecule has 0 spiro atoms. The molecule has 0 amide bonds. The smallest absolute Gasteiger partial charge is 0.341 e. The summed E-state index contributed by atoms with van der Waals surface area (Å²) in [5, 5.41) is 0. The lowest BCUT2D eigenvalue weighted by Crippen LogP contribution is -2.11. The van der Waals surface area contributed by atoms with Crippen molar-refractivity contribution in [2.45, 2.75) is 17.3 Å². The van der Waals surface area contributed by atoms with Crippen LogP contribution in [0, 0.1) is 0 Å². The summed E-state index contributed by atoms with van der Waals surface area (Å²) in [5.74, 6) is -2.77. The molecule has 2 rings (SSSR count). The third-order valence-corrected chi connectivity index (χ3v) is 4.58. The normalized spacial score (nSPS) is 11.6. The van der Waals surface area contributed by atoms with E-state index in [0.29, 0.717) is 11.3 Å². The Balaban J connectivity index is 2.07. The summed E-state index contributed by atoms with van der Waals surface area (Å²) in [6.07, 6.45) is 0. The zero-order valence-electron chi connectivity index (χ0n) is 10.7. The third kappa shape index (κ3) is 4.01. The van der Waals surface area contributed by atoms with Crippen LogP contribution in [-0.4, -0.2) is 14.2 Å². The minimum absolute atomic E-state index is 0.214. The van der Waals surface area contributed by atoms with Gasteiger partial charge in [0, 0.05) is 4.47 Å². The van der Waals surface area contributed by atoms with E-state index in [0.717, 1.165) is 16.6 Å². The quantitative estimate of drug-likeness (QED) is 0.791. The topological polar surface area (TPSA) is 43.4 Å². The summed E-state index contributed by atoms with van der Waals surface area (Å²) >= 11 is 3.32. The van der Waals surface area contributed by atoms with Crippen LogP contribution in [0.4, 0.5) is 8.78 Å². The van der Waals surface area contributed by atoms with Gasteiger partial charge in [0.05, 0.1) is 4.90 Å². The predicted octanol–water partition coefficient (Wildman–Crippen LogP) is 4.02. The number of sulfone groups is 1. The number of rotatable bonds is 5. The van der Waals surface area contributed by atoms with Crippen molar-refractivity contribution < 1.29 is 21.9 Å². The first kappa shape index (κ1) is 15.9. The first-order chi connectivity index (χ1) is 9.89. The van der Waals surface area contributed by atoms with Crippen molar-refractivity contribution in [1.29, 1.82) is 0 Å². The molecule has 0 aliphatic heterocycles. The van der Waals surface area contributed by atoms with Crippen molar-refractivity contribution in [1.82, 2.24) is 0 Å². The fourth-order valence-electron chi connectivity index (χ4n) is 1.60. The predicted molar refractivity (Wildman–Crippen MR) is 78.1 cm³/mol. The van der Waals surface area contributed by atoms with Gasteiger partial charge in [-0.25, -0.2) is 8.42 Å². The lowest BCUT2D eigenvalue weighted by Gasteiger charge is -2.08. The molecule has 2 aromatic rings. The molecule has 0 atom stereocenters. The highest BCUT2D eigenvalue weighted by atomic mass is 79.9. The van der Waals surface area contributed by atoms with Crippen molar-refractivity contribution in [3.8, 4) is 5.75 Å². The first-order valence-electron chi connectivity index (χ1n) is 5.89. The molecule has 2 aromatic carbocycles. The lowest BCUT2D eigenvalue weighted by atomic mass is 10.2. The van der Waals surface area contributed by atoms with Gasteiger partial charge in [-0.3, -0.25) is 0 Å². The monoisotopic (exact) mass is 376 g/mol. The molecular formula is C14H11BrF2O3S. The molecule has 21 heavy (non-hydrogen) atoms. The molecule has 112 valence electrons. The Morgan fingerprint density at radius 1 is 1.10 bits per heavy atom. The molecule has 0 saturated carbocycles. The average Bonchev–Trinajstić information content (AvgIpc) is 2.45. The Bertz CT molecular complexity index is 715. The van der Waals surface area contributed by atoms with E-state index in [4.69, 9.17) is 4.74 Å². The van der Waals surface area contributed by atoms with E-state index >= 15 is 0 Å². The van der Waals surface area contributed by atoms with E-state index in [1.54, 1.807) is 12.1 Å². The van der Waals surface area contributed by atoms with Crippen LogP contribution < -0.4 is 4.74 Å². The van der Waals surface area contributed by atoms with Gasteiger partial charge < -0.3 is 4.74 Å². The second-order valence-electron chi connectivity index (χ2n) is 4.20. The highest BCUT2D eigenvalue weighted by molar-refractivity contribution is 9.10. The molecule has 3 nitrogen and oxygen atoms in total. The second kappa shape index (κ2) is 6.53. The number of hydrogen-bond acceptors (Lipinski definition) is 3. The molecular weight excluding hydrogens is 366 g/mol. The molecule has 0 fully saturated rings. The van der Waals surface area contributed by atoms with E-state index in [1.807, 2.05) is 12.1 Å². The third-order valence-electron chi connectivity index (χ3n) is 2.69. The highest BCUT2D eigenvalue weighted by Crippen LogP contribution is 2.21. The summed E-state index contributed by atoms with van der Waals surface area (Å²) in [6.45, 7) is 0.214. The molecule has 0 bridgehead atoms. The van der Waals surface area contributed by atoms with Crippen LogP contribution in [0.1, 0.15) is 5.56 Å². The number of ether oxygens (including phenoxy) is 1. The molecule has 0 radical (unpaired) electrons. The second-order valence-corrected chi connectivity index (χ2v) is 7.03. The van der Waals surface area contributed by atoms with Gasteiger partial charge in [0.15, 0.2) is 0 Å². The Labute approximate surface area is 129 Å². The van der Waals surface area contributed by atoms with Gasteiger partial charge in [-0.1, -0.05) is 34.1 Å². The van der Waals surface area contributed by atoms with E-state index in [1.165, 1.54) is 12.1 Å². The van der Waals surface area contributed by atoms with E-state index in [9.17, 15) is 17.2 Å². The van der Waals surface area contributed by atoms with Crippen LogP contribution in [0.15, 0.2) is 57.9 Å². The van der Waals surface area contributed by atoms with Crippen LogP contribution in [0.25, 0.3) is 0 Å². The minimum atomic E-state index is -4.55. The van der Waals surface area contributed by atoms with Crippen molar-refractivity contribution in [3.05, 3.63) is 58.6 Å². The van der Waals surface area contributed by atoms with Gasteiger partial charge in [-0.2, -0.15) is 8.78 Å². The number of alkyl halides is 2. The number of halogens is 3. The molecule has 7 heteroatoms. The fraction of sp³-hybridized carbons (Fsp3) is 0.143. The maximum Gasteiger partial charge on any atom is 0.341 e. The first-order valence-corrected chi connectivity index (χ1v) is 8.23. The fourth-order valence-corrected chi connectivity index (χ4v) is 2.70. The maximum absolute atomic E-state index is 12.4. The Morgan fingerprint density at radius 2 is 1.76 bits per heavy atom. The number of benzene rings is 2. The zero-order chi connectivity index (χ0) is 15.5. The van der Waals surface area contributed by atoms with Crippen molar-refractivity contribution in [2.75, 3.05) is 0 Å². The van der Waals surface area contributed by atoms with Gasteiger partial charge in [-0.05, 0) is 35.9 Å². The highest BCUT2D eigenvalue weighted by Gasteiger charge is 2.26. The summed E-state index contributed by atoms with van der Waals surface area (Å²) in [7, 11) is -4.55. The van der Waals surface area contributed by atoms with Gasteiger partial charge in [0.1, 0.15) is 12.4 Å². The molecule has 0 aromatic heterocycles. The minimum Gasteiger partial charge on any atom is -0.489 e. The molecule has 0 saturated heterocycles. The van der Waals surface area contributed by atoms with Crippen molar-refractivity contribution in [2.24, 2.45) is 0 Å². The summed E-state index contributed by atoms with van der Waals surface area (Å²) in [6, 6.07) is 12.5.